The van der Waals surface area contributed by atoms with Gasteiger partial charge in [0.2, 0.25) is 0 Å². The Labute approximate surface area is 98.8 Å². The van der Waals surface area contributed by atoms with Gasteiger partial charge in [-0.3, -0.25) is 0 Å². The lowest BCUT2D eigenvalue weighted by molar-refractivity contribution is 0.389. The molecular formula is C13H13NO2. The lowest BCUT2D eigenvalue weighted by atomic mass is 10.3. The van der Waals surface area contributed by atoms with Crippen LogP contribution in [0.2, 0.25) is 0 Å². The highest BCUT2D eigenvalue weighted by molar-refractivity contribution is 5.42. The summed E-state index contributed by atoms with van der Waals surface area (Å²) in [5.74, 6) is 0.693. The Balaban J connectivity index is 1.99. The number of hydrogen-bond donors (Lipinski definition) is 1. The number of anilines is 1. The lowest BCUT2D eigenvalue weighted by Crippen LogP contribution is -2.04. The molecule has 0 amide bonds. The zero-order chi connectivity index (χ0) is 13.7. The van der Waals surface area contributed by atoms with E-state index in [1.165, 1.54) is 6.07 Å². The first-order valence-corrected chi connectivity index (χ1v) is 4.80. The summed E-state index contributed by atoms with van der Waals surface area (Å²) in [7, 11) is -2.47. The molecule has 0 unspecified atom stereocenters. The van der Waals surface area contributed by atoms with Gasteiger partial charge >= 0.3 is 0 Å². The summed E-state index contributed by atoms with van der Waals surface area (Å²) in [6.07, 6.45) is 0. The maximum atomic E-state index is 7.03. The molecule has 0 radical (unpaired) electrons. The number of para-hydroxylation sites is 1. The predicted molar refractivity (Wildman–Crippen MR) is 63.7 cm³/mol. The topological polar surface area (TPSA) is 30.5 Å². The second-order valence-corrected chi connectivity index (χ2v) is 3.15. The van der Waals surface area contributed by atoms with Crippen LogP contribution >= 0.6 is 0 Å². The van der Waals surface area contributed by atoms with Crippen molar-refractivity contribution in [3.05, 3.63) is 54.6 Å². The number of nitrogens with one attached hydrogen (secondary N) is 1. The minimum Gasteiger partial charge on any atom is -0.497 e. The summed E-state index contributed by atoms with van der Waals surface area (Å²) in [6.45, 7) is 0. The van der Waals surface area contributed by atoms with Crippen molar-refractivity contribution >= 4 is 5.69 Å². The minimum absolute atomic E-state index is 0.229. The number of methoxy groups -OCH3 is 1. The molecule has 0 aromatic heterocycles. The molecule has 0 bridgehead atoms. The molecular weight excluding hydrogens is 202 g/mol. The first-order chi connectivity index (χ1) is 9.03. The van der Waals surface area contributed by atoms with Crippen molar-refractivity contribution in [1.82, 2.24) is 0 Å². The molecule has 2 rings (SSSR count). The van der Waals surface area contributed by atoms with E-state index in [4.69, 9.17) is 13.7 Å². The Morgan fingerprint density at radius 3 is 2.62 bits per heavy atom. The van der Waals surface area contributed by atoms with Crippen LogP contribution in [-0.2, 0) is 0 Å². The summed E-state index contributed by atoms with van der Waals surface area (Å²) in [5, 5.41) is 0. The van der Waals surface area contributed by atoms with E-state index in [1.807, 2.05) is 30.3 Å². The summed E-state index contributed by atoms with van der Waals surface area (Å²) in [5.41, 5.74) is 3.55. The van der Waals surface area contributed by atoms with Gasteiger partial charge in [0.1, 0.15) is 5.75 Å². The van der Waals surface area contributed by atoms with Gasteiger partial charge < -0.3 is 9.57 Å². The van der Waals surface area contributed by atoms with E-state index in [9.17, 15) is 0 Å². The molecule has 0 aliphatic heterocycles. The molecule has 82 valence electrons. The van der Waals surface area contributed by atoms with Crippen LogP contribution in [0.15, 0.2) is 54.6 Å². The molecule has 0 spiro atoms. The molecule has 1 N–H and O–H groups in total. The third kappa shape index (κ3) is 2.67. The van der Waals surface area contributed by atoms with Crippen molar-refractivity contribution in [3.63, 3.8) is 0 Å². The van der Waals surface area contributed by atoms with E-state index < -0.39 is 7.04 Å². The van der Waals surface area contributed by atoms with E-state index in [1.54, 1.807) is 18.2 Å². The number of benzene rings is 2. The normalized spacial score (nSPS) is 13.1. The Morgan fingerprint density at radius 1 is 1.00 bits per heavy atom. The SMILES string of the molecule is [2H]C([2H])([2H])Oc1cccc(ONc2ccccc2)c1. The highest BCUT2D eigenvalue weighted by Gasteiger charge is 1.96. The Bertz CT molecular complexity index is 529. The highest BCUT2D eigenvalue weighted by Crippen LogP contribution is 2.19. The van der Waals surface area contributed by atoms with Crippen LogP contribution in [0.25, 0.3) is 0 Å². The van der Waals surface area contributed by atoms with Gasteiger partial charge in [-0.05, 0) is 24.3 Å². The predicted octanol–water partition coefficient (Wildman–Crippen LogP) is 3.10. The molecule has 2 aromatic carbocycles. The van der Waals surface area contributed by atoms with Crippen molar-refractivity contribution < 1.29 is 13.7 Å². The van der Waals surface area contributed by atoms with Crippen LogP contribution in [0.4, 0.5) is 5.69 Å². The second-order valence-electron chi connectivity index (χ2n) is 3.15. The van der Waals surface area contributed by atoms with Gasteiger partial charge in [-0.1, -0.05) is 24.3 Å². The maximum Gasteiger partial charge on any atom is 0.158 e. The average Bonchev–Trinajstić information content (AvgIpc) is 2.36. The van der Waals surface area contributed by atoms with Crippen LogP contribution < -0.4 is 15.1 Å². The Morgan fingerprint density at radius 2 is 1.81 bits per heavy atom. The fourth-order valence-electron chi connectivity index (χ4n) is 1.23. The third-order valence-corrected chi connectivity index (χ3v) is 1.98. The Hall–Kier alpha value is -2.16. The summed E-state index contributed by atoms with van der Waals surface area (Å²) < 4.78 is 25.9. The zero-order valence-corrected chi connectivity index (χ0v) is 8.51. The average molecular weight is 218 g/mol. The van der Waals surface area contributed by atoms with Crippen LogP contribution in [0.5, 0.6) is 11.5 Å². The molecule has 3 heteroatoms. The third-order valence-electron chi connectivity index (χ3n) is 1.98. The summed E-state index contributed by atoms with van der Waals surface area (Å²) >= 11 is 0. The van der Waals surface area contributed by atoms with Crippen LogP contribution in [0.1, 0.15) is 4.11 Å². The van der Waals surface area contributed by atoms with Crippen molar-refractivity contribution in [2.24, 2.45) is 0 Å². The van der Waals surface area contributed by atoms with E-state index in [-0.39, 0.29) is 5.75 Å². The molecule has 3 nitrogen and oxygen atoms in total. The molecule has 0 saturated carbocycles. The van der Waals surface area contributed by atoms with Gasteiger partial charge in [0.15, 0.2) is 5.75 Å². The van der Waals surface area contributed by atoms with E-state index in [0.717, 1.165) is 5.69 Å². The molecule has 0 atom stereocenters. The fourth-order valence-corrected chi connectivity index (χ4v) is 1.23. The summed E-state index contributed by atoms with van der Waals surface area (Å²) in [6, 6.07) is 15.8. The maximum absolute atomic E-state index is 7.03. The van der Waals surface area contributed by atoms with Crippen LogP contribution in [-0.4, -0.2) is 7.04 Å². The van der Waals surface area contributed by atoms with Gasteiger partial charge in [0.05, 0.1) is 16.8 Å². The van der Waals surface area contributed by atoms with Gasteiger partial charge in [0.25, 0.3) is 0 Å². The first-order valence-electron chi connectivity index (χ1n) is 6.30. The van der Waals surface area contributed by atoms with Gasteiger partial charge in [-0.15, -0.1) is 0 Å². The quantitative estimate of drug-likeness (QED) is 0.800. The summed E-state index contributed by atoms with van der Waals surface area (Å²) in [4.78, 5) is 5.33. The molecule has 0 fully saturated rings. The van der Waals surface area contributed by atoms with Gasteiger partial charge in [-0.25, -0.2) is 5.48 Å². The Kier molecular flexibility index (Phi) is 2.27. The van der Waals surface area contributed by atoms with E-state index in [2.05, 4.69) is 5.48 Å². The van der Waals surface area contributed by atoms with Gasteiger partial charge in [0, 0.05) is 6.07 Å². The second kappa shape index (κ2) is 5.07. The smallest absolute Gasteiger partial charge is 0.158 e. The monoisotopic (exact) mass is 218 g/mol. The number of ether oxygens (including phenoxy) is 1. The van der Waals surface area contributed by atoms with Crippen molar-refractivity contribution in [2.75, 3.05) is 12.5 Å². The molecule has 0 heterocycles. The molecule has 0 saturated heterocycles. The number of rotatable bonds is 4. The largest absolute Gasteiger partial charge is 0.497 e. The first kappa shape index (κ1) is 7.17. The highest BCUT2D eigenvalue weighted by atomic mass is 16.6. The molecule has 2 aromatic rings. The van der Waals surface area contributed by atoms with Crippen molar-refractivity contribution in [3.8, 4) is 11.5 Å². The van der Waals surface area contributed by atoms with Crippen LogP contribution in [0, 0.1) is 0 Å². The molecule has 0 aliphatic carbocycles. The van der Waals surface area contributed by atoms with E-state index >= 15 is 0 Å². The zero-order valence-electron chi connectivity index (χ0n) is 11.5. The van der Waals surface area contributed by atoms with Crippen molar-refractivity contribution in [1.29, 1.82) is 0 Å². The number of hydrogen-bond acceptors (Lipinski definition) is 3. The molecule has 16 heavy (non-hydrogen) atoms. The van der Waals surface area contributed by atoms with Crippen molar-refractivity contribution in [2.45, 2.75) is 0 Å². The molecule has 0 aliphatic rings. The standard InChI is InChI=1S/C13H13NO2/c1-15-12-8-5-9-13(10-12)16-14-11-6-3-2-4-7-11/h2-10,14H,1H3/i1D3. The van der Waals surface area contributed by atoms with Crippen LogP contribution in [0.3, 0.4) is 0 Å². The van der Waals surface area contributed by atoms with Gasteiger partial charge in [-0.2, -0.15) is 0 Å². The van der Waals surface area contributed by atoms with E-state index in [0.29, 0.717) is 5.75 Å². The minimum atomic E-state index is -2.47. The lowest BCUT2D eigenvalue weighted by Gasteiger charge is -2.08. The fraction of sp³-hybridized carbons (Fsp3) is 0.0769.